The minimum absolute atomic E-state index is 0.209. The van der Waals surface area contributed by atoms with Gasteiger partial charge >= 0.3 is 0 Å². The molecule has 0 spiro atoms. The summed E-state index contributed by atoms with van der Waals surface area (Å²) in [7, 11) is 0. The molecule has 128 valence electrons. The molecule has 1 aliphatic rings. The molecule has 25 heavy (non-hydrogen) atoms. The monoisotopic (exact) mass is 353 g/mol. The first kappa shape index (κ1) is 17.1. The van der Waals surface area contributed by atoms with Crippen LogP contribution in [0.25, 0.3) is 0 Å². The Bertz CT molecular complexity index is 788. The highest BCUT2D eigenvalue weighted by molar-refractivity contribution is 7.99. The fourth-order valence-electron chi connectivity index (χ4n) is 2.29. The van der Waals surface area contributed by atoms with Gasteiger partial charge in [-0.25, -0.2) is 0 Å². The Morgan fingerprint density at radius 2 is 1.84 bits per heavy atom. The van der Waals surface area contributed by atoms with Gasteiger partial charge in [-0.15, -0.1) is 11.8 Å². The number of carbonyl (C=O) groups excluding carboxylic acids is 2. The van der Waals surface area contributed by atoms with Crippen LogP contribution in [-0.2, 0) is 10.5 Å². The van der Waals surface area contributed by atoms with Crippen molar-refractivity contribution in [3.05, 3.63) is 83.2 Å². The minimum atomic E-state index is -0.311. The minimum Gasteiger partial charge on any atom is -0.361 e. The molecule has 0 aliphatic carbocycles. The largest absolute Gasteiger partial charge is 0.361 e. The van der Waals surface area contributed by atoms with E-state index in [0.29, 0.717) is 5.56 Å². The van der Waals surface area contributed by atoms with Crippen molar-refractivity contribution >= 4 is 23.6 Å². The summed E-state index contributed by atoms with van der Waals surface area (Å²) < 4.78 is 0. The van der Waals surface area contributed by atoms with Gasteiger partial charge < -0.3 is 16.0 Å². The number of amides is 2. The van der Waals surface area contributed by atoms with Crippen LogP contribution in [0.3, 0.4) is 0 Å². The highest BCUT2D eigenvalue weighted by Gasteiger charge is 2.22. The van der Waals surface area contributed by atoms with Crippen molar-refractivity contribution in [3.8, 4) is 0 Å². The van der Waals surface area contributed by atoms with E-state index >= 15 is 0 Å². The third-order valence-corrected chi connectivity index (χ3v) is 4.79. The van der Waals surface area contributed by atoms with E-state index in [4.69, 9.17) is 0 Å². The first-order valence-electron chi connectivity index (χ1n) is 7.92. The second kappa shape index (κ2) is 7.90. The average molecular weight is 353 g/mol. The zero-order valence-corrected chi connectivity index (χ0v) is 14.6. The van der Waals surface area contributed by atoms with Crippen molar-refractivity contribution in [1.29, 1.82) is 0 Å². The average Bonchev–Trinajstić information content (AvgIpc) is 2.64. The van der Waals surface area contributed by atoms with Gasteiger partial charge in [0.1, 0.15) is 11.2 Å². The Labute approximate surface area is 150 Å². The zero-order valence-electron chi connectivity index (χ0n) is 13.8. The van der Waals surface area contributed by atoms with Crippen LogP contribution < -0.4 is 16.0 Å². The number of thioether (sulfide) groups is 1. The zero-order chi connectivity index (χ0) is 17.6. The molecule has 1 aliphatic heterocycles. The van der Waals surface area contributed by atoms with Gasteiger partial charge in [-0.3, -0.25) is 9.59 Å². The van der Waals surface area contributed by atoms with Crippen LogP contribution in [0.1, 0.15) is 21.5 Å². The quantitative estimate of drug-likeness (QED) is 0.772. The number of aryl methyl sites for hydroxylation is 1. The maximum Gasteiger partial charge on any atom is 0.271 e. The van der Waals surface area contributed by atoms with E-state index < -0.39 is 0 Å². The van der Waals surface area contributed by atoms with E-state index in [1.165, 1.54) is 11.1 Å². The number of carbonyl (C=O) groups is 2. The highest BCUT2D eigenvalue weighted by Crippen LogP contribution is 2.17. The lowest BCUT2D eigenvalue weighted by molar-refractivity contribution is -0.118. The Hall–Kier alpha value is -2.73. The molecule has 0 fully saturated rings. The predicted molar refractivity (Wildman–Crippen MR) is 99.5 cm³/mol. The maximum atomic E-state index is 12.2. The maximum absolute atomic E-state index is 12.2. The molecule has 3 N–H and O–H groups in total. The fourth-order valence-corrected chi connectivity index (χ4v) is 3.20. The van der Waals surface area contributed by atoms with Gasteiger partial charge in [-0.2, -0.15) is 0 Å². The number of nitrogens with one attached hydrogen (secondary N) is 3. The van der Waals surface area contributed by atoms with Crippen molar-refractivity contribution in [2.75, 3.05) is 0 Å². The van der Waals surface area contributed by atoms with Gasteiger partial charge in [-0.1, -0.05) is 48.0 Å². The number of benzene rings is 2. The molecule has 1 atom stereocenters. The summed E-state index contributed by atoms with van der Waals surface area (Å²) in [6.45, 7) is 2.05. The summed E-state index contributed by atoms with van der Waals surface area (Å²) in [6, 6.07) is 17.1. The first-order valence-corrected chi connectivity index (χ1v) is 8.97. The molecule has 1 unspecified atom stereocenters. The van der Waals surface area contributed by atoms with Crippen molar-refractivity contribution < 1.29 is 9.59 Å². The molecular weight excluding hydrogens is 334 g/mol. The molecule has 0 saturated carbocycles. The summed E-state index contributed by atoms with van der Waals surface area (Å²) in [5.74, 6) is 0.164. The summed E-state index contributed by atoms with van der Waals surface area (Å²) in [5.41, 5.74) is 2.90. The molecule has 2 aromatic carbocycles. The third-order valence-electron chi connectivity index (χ3n) is 3.71. The smallest absolute Gasteiger partial charge is 0.271 e. The Morgan fingerprint density at radius 3 is 2.52 bits per heavy atom. The standard InChI is InChI=1S/C19H19N3O2S/c1-13-7-9-14(10-8-13)12-25-19-20-11-16(18(24)22-19)21-17(23)15-5-3-2-4-6-15/h2-11,19-20H,12H2,1H3,(H,21,23)(H,22,24). The number of hydrogen-bond donors (Lipinski definition) is 3. The van der Waals surface area contributed by atoms with Crippen molar-refractivity contribution in [1.82, 2.24) is 16.0 Å². The molecule has 1 heterocycles. The second-order valence-corrected chi connectivity index (χ2v) is 6.79. The third kappa shape index (κ3) is 4.64. The van der Waals surface area contributed by atoms with Crippen LogP contribution in [0.15, 0.2) is 66.5 Å². The van der Waals surface area contributed by atoms with E-state index in [0.717, 1.165) is 5.75 Å². The van der Waals surface area contributed by atoms with Gasteiger partial charge in [0.2, 0.25) is 0 Å². The SMILES string of the molecule is Cc1ccc(CSC2NC=C(NC(=O)c3ccccc3)C(=O)N2)cc1. The summed E-state index contributed by atoms with van der Waals surface area (Å²) in [6.07, 6.45) is 1.55. The summed E-state index contributed by atoms with van der Waals surface area (Å²) in [4.78, 5) is 24.3. The van der Waals surface area contributed by atoms with Crippen LogP contribution in [-0.4, -0.2) is 17.3 Å². The molecular formula is C19H19N3O2S. The topological polar surface area (TPSA) is 70.2 Å². The molecule has 0 saturated heterocycles. The van der Waals surface area contributed by atoms with Crippen LogP contribution in [0.5, 0.6) is 0 Å². The summed E-state index contributed by atoms with van der Waals surface area (Å²) in [5, 5.41) is 8.55. The lowest BCUT2D eigenvalue weighted by Gasteiger charge is -2.24. The van der Waals surface area contributed by atoms with Gasteiger partial charge in [-0.05, 0) is 24.6 Å². The van der Waals surface area contributed by atoms with Crippen LogP contribution >= 0.6 is 11.8 Å². The predicted octanol–water partition coefficient (Wildman–Crippen LogP) is 2.50. The Kier molecular flexibility index (Phi) is 5.40. The van der Waals surface area contributed by atoms with E-state index in [9.17, 15) is 9.59 Å². The van der Waals surface area contributed by atoms with Crippen molar-refractivity contribution in [2.24, 2.45) is 0 Å². The first-order chi connectivity index (χ1) is 12.1. The van der Waals surface area contributed by atoms with Gasteiger partial charge in [0.05, 0.1) is 0 Å². The second-order valence-electron chi connectivity index (χ2n) is 5.69. The van der Waals surface area contributed by atoms with Crippen molar-refractivity contribution in [2.45, 2.75) is 18.2 Å². The van der Waals surface area contributed by atoms with Crippen molar-refractivity contribution in [3.63, 3.8) is 0 Å². The normalized spacial score (nSPS) is 16.4. The van der Waals surface area contributed by atoms with E-state index in [1.54, 1.807) is 42.2 Å². The molecule has 6 heteroatoms. The Morgan fingerprint density at radius 1 is 1.12 bits per heavy atom. The molecule has 5 nitrogen and oxygen atoms in total. The highest BCUT2D eigenvalue weighted by atomic mass is 32.2. The molecule has 2 aromatic rings. The molecule has 0 radical (unpaired) electrons. The van der Waals surface area contributed by atoms with Gasteiger partial charge in [0, 0.05) is 17.5 Å². The van der Waals surface area contributed by atoms with E-state index in [1.807, 2.05) is 6.07 Å². The fraction of sp³-hybridized carbons (Fsp3) is 0.158. The van der Waals surface area contributed by atoms with Crippen LogP contribution in [0.2, 0.25) is 0 Å². The number of hydrogen-bond acceptors (Lipinski definition) is 4. The molecule has 2 amide bonds. The summed E-state index contributed by atoms with van der Waals surface area (Å²) >= 11 is 1.58. The molecule has 3 rings (SSSR count). The van der Waals surface area contributed by atoms with Gasteiger partial charge in [0.25, 0.3) is 11.8 Å². The molecule has 0 aromatic heterocycles. The number of rotatable bonds is 5. The van der Waals surface area contributed by atoms with Crippen LogP contribution in [0, 0.1) is 6.92 Å². The lowest BCUT2D eigenvalue weighted by Crippen LogP contribution is -2.49. The van der Waals surface area contributed by atoms with Gasteiger partial charge in [0.15, 0.2) is 0 Å². The lowest BCUT2D eigenvalue weighted by atomic mass is 10.2. The molecule has 0 bridgehead atoms. The van der Waals surface area contributed by atoms with E-state index in [2.05, 4.69) is 47.1 Å². The van der Waals surface area contributed by atoms with E-state index in [-0.39, 0.29) is 23.0 Å². The van der Waals surface area contributed by atoms with Crippen LogP contribution in [0.4, 0.5) is 0 Å². The Balaban J connectivity index is 1.54.